The number of carboxylic acid groups (broad SMARTS) is 1. The molecule has 0 aromatic heterocycles. The van der Waals surface area contributed by atoms with Gasteiger partial charge >= 0.3 is 18.7 Å². The maximum atomic E-state index is 11.4. The van der Waals surface area contributed by atoms with E-state index in [2.05, 4.69) is 9.47 Å². The van der Waals surface area contributed by atoms with E-state index in [1.54, 1.807) is 0 Å². The lowest BCUT2D eigenvalue weighted by Crippen LogP contribution is -2.13. The fourth-order valence-corrected chi connectivity index (χ4v) is 1.85. The molecule has 2 N–H and O–H groups in total. The second-order valence-electron chi connectivity index (χ2n) is 5.64. The summed E-state index contributed by atoms with van der Waals surface area (Å²) in [6.45, 7) is -0.460. The van der Waals surface area contributed by atoms with Gasteiger partial charge in [0.05, 0.1) is 13.2 Å². The molecule has 0 fully saturated rings. The highest BCUT2D eigenvalue weighted by Gasteiger charge is 2.28. The second kappa shape index (κ2) is 17.1. The average molecular weight is 414 g/mol. The van der Waals surface area contributed by atoms with Crippen molar-refractivity contribution in [3.8, 4) is 0 Å². The normalized spacial score (nSPS) is 11.8. The van der Waals surface area contributed by atoms with Crippen LogP contribution in [-0.2, 0) is 14.3 Å². The van der Waals surface area contributed by atoms with Crippen molar-refractivity contribution in [2.45, 2.75) is 76.9 Å². The zero-order valence-electron chi connectivity index (χ0n) is 15.1. The molecule has 0 aromatic rings. The molecule has 0 atom stereocenters. The number of halogens is 6. The lowest BCUT2D eigenvalue weighted by molar-refractivity contribution is -0.325. The Morgan fingerprint density at radius 1 is 0.667 bits per heavy atom. The predicted octanol–water partition coefficient (Wildman–Crippen LogP) is 5.02. The first-order valence-corrected chi connectivity index (χ1v) is 8.72. The summed E-state index contributed by atoms with van der Waals surface area (Å²) in [7, 11) is 0. The SMILES string of the molecule is O=C(O)CCCCCCOC(F)(F)F.OCCCCCCCOC(F)(F)F. The summed E-state index contributed by atoms with van der Waals surface area (Å²) < 4.78 is 75.7. The van der Waals surface area contributed by atoms with Crippen molar-refractivity contribution in [2.24, 2.45) is 0 Å². The zero-order chi connectivity index (χ0) is 21.2. The third-order valence-corrected chi connectivity index (χ3v) is 3.12. The summed E-state index contributed by atoms with van der Waals surface area (Å²) in [5.41, 5.74) is 0. The van der Waals surface area contributed by atoms with Crippen LogP contribution in [0.25, 0.3) is 0 Å². The molecule has 11 heteroatoms. The standard InChI is InChI=1S/C8H13F3O3.C8H15F3O2/c9-8(10,11)14-6-4-2-1-3-5-7(12)13;9-8(10,11)13-7-5-3-1-2-4-6-12/h1-6H2,(H,12,13);12H,1-7H2. The molecule has 0 aromatic carbocycles. The minimum atomic E-state index is -4.55. The molecule has 0 saturated carbocycles. The molecular weight excluding hydrogens is 386 g/mol. The molecule has 0 radical (unpaired) electrons. The van der Waals surface area contributed by atoms with Crippen LogP contribution in [-0.4, -0.2) is 48.7 Å². The Kier molecular flexibility index (Phi) is 17.8. The number of aliphatic hydroxyl groups excluding tert-OH is 1. The molecule has 0 aliphatic rings. The highest BCUT2D eigenvalue weighted by molar-refractivity contribution is 5.66. The molecule has 0 heterocycles. The summed E-state index contributed by atoms with van der Waals surface area (Å²) in [5, 5.41) is 16.7. The number of carboxylic acids is 1. The van der Waals surface area contributed by atoms with E-state index >= 15 is 0 Å². The summed E-state index contributed by atoms with van der Waals surface area (Å²) in [6, 6.07) is 0. The van der Waals surface area contributed by atoms with Crippen LogP contribution in [0, 0.1) is 0 Å². The first-order valence-electron chi connectivity index (χ1n) is 8.72. The third kappa shape index (κ3) is 33.0. The fourth-order valence-electron chi connectivity index (χ4n) is 1.85. The fraction of sp³-hybridized carbons (Fsp3) is 0.938. The van der Waals surface area contributed by atoms with Gasteiger partial charge in [0.25, 0.3) is 0 Å². The minimum Gasteiger partial charge on any atom is -0.481 e. The Bertz CT molecular complexity index is 347. The van der Waals surface area contributed by atoms with E-state index in [0.29, 0.717) is 32.1 Å². The predicted molar refractivity (Wildman–Crippen MR) is 84.9 cm³/mol. The van der Waals surface area contributed by atoms with Crippen LogP contribution in [0.1, 0.15) is 64.2 Å². The summed E-state index contributed by atoms with van der Waals surface area (Å²) >= 11 is 0. The Morgan fingerprint density at radius 3 is 1.41 bits per heavy atom. The number of rotatable bonds is 14. The van der Waals surface area contributed by atoms with Crippen molar-refractivity contribution < 1.29 is 50.8 Å². The molecule has 0 amide bonds. The number of unbranched alkanes of at least 4 members (excludes halogenated alkanes) is 7. The van der Waals surface area contributed by atoms with Gasteiger partial charge in [0.15, 0.2) is 0 Å². The Balaban J connectivity index is 0. The van der Waals surface area contributed by atoms with E-state index in [1.807, 2.05) is 0 Å². The molecule has 0 unspecified atom stereocenters. The Hall–Kier alpha value is -1.07. The zero-order valence-corrected chi connectivity index (χ0v) is 15.1. The third-order valence-electron chi connectivity index (χ3n) is 3.12. The van der Waals surface area contributed by atoms with Gasteiger partial charge in [-0.25, -0.2) is 0 Å². The number of carbonyl (C=O) groups is 1. The van der Waals surface area contributed by atoms with Crippen molar-refractivity contribution in [3.05, 3.63) is 0 Å². The van der Waals surface area contributed by atoms with Gasteiger partial charge in [-0.15, -0.1) is 26.3 Å². The maximum Gasteiger partial charge on any atom is 0.522 e. The lowest BCUT2D eigenvalue weighted by Gasteiger charge is -2.06. The molecule has 0 bridgehead atoms. The molecule has 0 aliphatic carbocycles. The second-order valence-corrected chi connectivity index (χ2v) is 5.64. The van der Waals surface area contributed by atoms with E-state index in [4.69, 9.17) is 10.2 Å². The Morgan fingerprint density at radius 2 is 1.04 bits per heavy atom. The van der Waals surface area contributed by atoms with Crippen LogP contribution in [0.4, 0.5) is 26.3 Å². The van der Waals surface area contributed by atoms with Gasteiger partial charge in [-0.1, -0.05) is 32.1 Å². The van der Waals surface area contributed by atoms with Crippen LogP contribution >= 0.6 is 0 Å². The van der Waals surface area contributed by atoms with Gasteiger partial charge in [-0.05, 0) is 25.7 Å². The molecule has 0 saturated heterocycles. The van der Waals surface area contributed by atoms with Crippen LogP contribution < -0.4 is 0 Å². The topological polar surface area (TPSA) is 76.0 Å². The smallest absolute Gasteiger partial charge is 0.481 e. The maximum absolute atomic E-state index is 11.4. The molecular formula is C16H28F6O5. The molecule has 27 heavy (non-hydrogen) atoms. The number of hydrogen-bond donors (Lipinski definition) is 2. The van der Waals surface area contributed by atoms with Gasteiger partial charge in [-0.3, -0.25) is 14.3 Å². The van der Waals surface area contributed by atoms with E-state index in [-0.39, 0.29) is 26.2 Å². The van der Waals surface area contributed by atoms with Crippen molar-refractivity contribution in [1.82, 2.24) is 0 Å². The van der Waals surface area contributed by atoms with Crippen molar-refractivity contribution in [3.63, 3.8) is 0 Å². The minimum absolute atomic E-state index is 0.0696. The highest BCUT2D eigenvalue weighted by atomic mass is 19.4. The number of aliphatic hydroxyl groups is 1. The number of alkyl halides is 6. The largest absolute Gasteiger partial charge is 0.522 e. The van der Waals surface area contributed by atoms with Crippen molar-refractivity contribution >= 4 is 5.97 Å². The summed E-state index contributed by atoms with van der Waals surface area (Å²) in [6.07, 6.45) is -3.42. The summed E-state index contributed by atoms with van der Waals surface area (Å²) in [5.74, 6) is -0.878. The van der Waals surface area contributed by atoms with E-state index in [1.165, 1.54) is 0 Å². The van der Waals surface area contributed by atoms with Crippen LogP contribution in [0.3, 0.4) is 0 Å². The lowest BCUT2D eigenvalue weighted by atomic mass is 10.1. The quantitative estimate of drug-likeness (QED) is 0.308. The first-order chi connectivity index (χ1) is 12.5. The van der Waals surface area contributed by atoms with Crippen LogP contribution in [0.2, 0.25) is 0 Å². The molecule has 5 nitrogen and oxygen atoms in total. The van der Waals surface area contributed by atoms with Crippen LogP contribution in [0.15, 0.2) is 0 Å². The highest BCUT2D eigenvalue weighted by Crippen LogP contribution is 2.17. The van der Waals surface area contributed by atoms with Crippen molar-refractivity contribution in [1.29, 1.82) is 0 Å². The number of ether oxygens (including phenoxy) is 2. The van der Waals surface area contributed by atoms with Crippen molar-refractivity contribution in [2.75, 3.05) is 19.8 Å². The van der Waals surface area contributed by atoms with E-state index in [9.17, 15) is 31.1 Å². The van der Waals surface area contributed by atoms with Crippen LogP contribution in [0.5, 0.6) is 0 Å². The average Bonchev–Trinajstić information content (AvgIpc) is 2.51. The van der Waals surface area contributed by atoms with Gasteiger partial charge in [0.1, 0.15) is 0 Å². The van der Waals surface area contributed by atoms with Gasteiger partial charge in [0.2, 0.25) is 0 Å². The Labute approximate surface area is 154 Å². The van der Waals surface area contributed by atoms with E-state index in [0.717, 1.165) is 25.7 Å². The molecule has 0 spiro atoms. The van der Waals surface area contributed by atoms with E-state index < -0.39 is 18.7 Å². The monoisotopic (exact) mass is 414 g/mol. The summed E-state index contributed by atoms with van der Waals surface area (Å²) in [4.78, 5) is 10.0. The van der Waals surface area contributed by atoms with Gasteiger partial charge in [-0.2, -0.15) is 0 Å². The number of aliphatic carboxylic acids is 1. The van der Waals surface area contributed by atoms with Gasteiger partial charge in [0, 0.05) is 13.0 Å². The molecule has 0 rings (SSSR count). The van der Waals surface area contributed by atoms with Gasteiger partial charge < -0.3 is 10.2 Å². The number of hydrogen-bond acceptors (Lipinski definition) is 4. The first kappa shape index (κ1) is 28.1. The molecule has 0 aliphatic heterocycles. The molecule has 164 valence electrons.